The second-order valence-corrected chi connectivity index (χ2v) is 8.52. The number of aromatic nitrogens is 7. The predicted octanol–water partition coefficient (Wildman–Crippen LogP) is 5.04. The lowest BCUT2D eigenvalue weighted by molar-refractivity contribution is -0.115. The van der Waals surface area contributed by atoms with Crippen LogP contribution < -0.4 is 5.32 Å². The Balaban J connectivity index is 1.43. The van der Waals surface area contributed by atoms with Gasteiger partial charge in [0.15, 0.2) is 11.5 Å². The fraction of sp³-hybridized carbons (Fsp3) is 0.0833. The van der Waals surface area contributed by atoms with Crippen molar-refractivity contribution in [3.8, 4) is 33.8 Å². The molecule has 0 saturated heterocycles. The molecule has 6 aromatic heterocycles. The van der Waals surface area contributed by atoms with Crippen LogP contribution in [0, 0.1) is 0 Å². The highest BCUT2D eigenvalue weighted by Gasteiger charge is 2.17. The van der Waals surface area contributed by atoms with Gasteiger partial charge in [-0.2, -0.15) is 16.4 Å². The third-order valence-corrected chi connectivity index (χ3v) is 6.23. The van der Waals surface area contributed by atoms with E-state index in [1.807, 2.05) is 30.6 Å². The third kappa shape index (κ3) is 3.50. The number of thiophene rings is 1. The summed E-state index contributed by atoms with van der Waals surface area (Å²) in [5, 5.41) is 15.3. The third-order valence-electron chi connectivity index (χ3n) is 5.54. The van der Waals surface area contributed by atoms with Crippen LogP contribution in [0.25, 0.3) is 55.8 Å². The van der Waals surface area contributed by atoms with Gasteiger partial charge in [0.1, 0.15) is 11.2 Å². The first kappa shape index (κ1) is 20.2. The van der Waals surface area contributed by atoms with Crippen LogP contribution in [0.1, 0.15) is 13.3 Å². The summed E-state index contributed by atoms with van der Waals surface area (Å²) in [7, 11) is 0. The molecule has 166 valence electrons. The normalized spacial score (nSPS) is 11.3. The molecule has 0 radical (unpaired) electrons. The van der Waals surface area contributed by atoms with Gasteiger partial charge in [0.05, 0.1) is 29.0 Å². The minimum Gasteiger partial charge on any atom is -0.335 e. The highest BCUT2D eigenvalue weighted by atomic mass is 32.1. The topological polar surface area (TPSA) is 125 Å². The number of hydrogen-bond acceptors (Lipinski definition) is 7. The summed E-state index contributed by atoms with van der Waals surface area (Å²) in [4.78, 5) is 33.1. The van der Waals surface area contributed by atoms with Crippen LogP contribution in [-0.4, -0.2) is 41.0 Å². The molecule has 0 aliphatic heterocycles. The van der Waals surface area contributed by atoms with Crippen molar-refractivity contribution < 1.29 is 4.79 Å². The molecule has 34 heavy (non-hydrogen) atoms. The van der Waals surface area contributed by atoms with Gasteiger partial charge in [-0.3, -0.25) is 19.9 Å². The Hall–Kier alpha value is -4.44. The maximum atomic E-state index is 11.8. The van der Waals surface area contributed by atoms with Gasteiger partial charge in [-0.05, 0) is 34.5 Å². The summed E-state index contributed by atoms with van der Waals surface area (Å²) in [6, 6.07) is 5.93. The number of aromatic amines is 2. The Labute approximate surface area is 197 Å². The smallest absolute Gasteiger partial charge is 0.224 e. The maximum absolute atomic E-state index is 11.8. The van der Waals surface area contributed by atoms with E-state index in [9.17, 15) is 4.79 Å². The largest absolute Gasteiger partial charge is 0.335 e. The van der Waals surface area contributed by atoms with Crippen LogP contribution in [0.3, 0.4) is 0 Å². The van der Waals surface area contributed by atoms with Crippen LogP contribution in [0.4, 0.5) is 5.69 Å². The number of carbonyl (C=O) groups excluding carboxylic acids is 1. The SMILES string of the molecule is CCC(=O)Nc1cncc(-c2cnc3[nH]nc(-c4nc5c(-c6ccsc6)cncc5[nH]4)c3c2)c1. The molecule has 0 atom stereocenters. The second kappa shape index (κ2) is 8.16. The van der Waals surface area contributed by atoms with E-state index in [1.54, 1.807) is 36.1 Å². The van der Waals surface area contributed by atoms with E-state index >= 15 is 0 Å². The van der Waals surface area contributed by atoms with E-state index in [4.69, 9.17) is 4.98 Å². The summed E-state index contributed by atoms with van der Waals surface area (Å²) < 4.78 is 0. The summed E-state index contributed by atoms with van der Waals surface area (Å²) in [5.41, 5.74) is 7.38. The summed E-state index contributed by atoms with van der Waals surface area (Å²) in [5.74, 6) is 0.567. The molecule has 1 amide bonds. The van der Waals surface area contributed by atoms with Crippen molar-refractivity contribution >= 4 is 45.0 Å². The number of nitrogens with one attached hydrogen (secondary N) is 3. The molecule has 0 spiro atoms. The minimum absolute atomic E-state index is 0.0640. The quantitative estimate of drug-likeness (QED) is 0.327. The fourth-order valence-electron chi connectivity index (χ4n) is 3.83. The van der Waals surface area contributed by atoms with Gasteiger partial charge in [0, 0.05) is 41.7 Å². The van der Waals surface area contributed by atoms with Crippen molar-refractivity contribution in [3.05, 3.63) is 59.9 Å². The highest BCUT2D eigenvalue weighted by Crippen LogP contribution is 2.32. The molecule has 0 saturated carbocycles. The van der Waals surface area contributed by atoms with Crippen molar-refractivity contribution in [1.29, 1.82) is 0 Å². The average Bonchev–Trinajstić information content (AvgIpc) is 3.62. The number of nitrogens with zero attached hydrogens (tertiary/aromatic N) is 5. The zero-order chi connectivity index (χ0) is 23.1. The molecule has 3 N–H and O–H groups in total. The molecule has 0 aliphatic rings. The van der Waals surface area contributed by atoms with E-state index in [0.717, 1.165) is 38.7 Å². The first-order chi connectivity index (χ1) is 16.7. The van der Waals surface area contributed by atoms with Crippen LogP contribution in [-0.2, 0) is 4.79 Å². The Morgan fingerprint density at radius 3 is 2.79 bits per heavy atom. The Morgan fingerprint density at radius 2 is 1.94 bits per heavy atom. The lowest BCUT2D eigenvalue weighted by atomic mass is 10.1. The number of carbonyl (C=O) groups is 1. The van der Waals surface area contributed by atoms with Gasteiger partial charge in [-0.25, -0.2) is 9.97 Å². The van der Waals surface area contributed by atoms with E-state index in [2.05, 4.69) is 46.9 Å². The number of pyridine rings is 3. The molecular weight excluding hydrogens is 448 g/mol. The molecule has 10 heteroatoms. The fourth-order valence-corrected chi connectivity index (χ4v) is 4.49. The van der Waals surface area contributed by atoms with E-state index < -0.39 is 0 Å². The van der Waals surface area contributed by atoms with Gasteiger partial charge in [0.2, 0.25) is 5.91 Å². The van der Waals surface area contributed by atoms with Crippen molar-refractivity contribution in [3.63, 3.8) is 0 Å². The van der Waals surface area contributed by atoms with Gasteiger partial charge < -0.3 is 10.3 Å². The van der Waals surface area contributed by atoms with Gasteiger partial charge in [0.25, 0.3) is 0 Å². The molecule has 0 bridgehead atoms. The zero-order valence-electron chi connectivity index (χ0n) is 18.0. The zero-order valence-corrected chi connectivity index (χ0v) is 18.8. The molecule has 9 nitrogen and oxygen atoms in total. The molecule has 0 aromatic carbocycles. The molecular formula is C24H18N8OS. The first-order valence-corrected chi connectivity index (χ1v) is 11.6. The molecule has 0 fully saturated rings. The minimum atomic E-state index is -0.0640. The van der Waals surface area contributed by atoms with Gasteiger partial charge >= 0.3 is 0 Å². The summed E-state index contributed by atoms with van der Waals surface area (Å²) in [6.07, 6.45) is 9.11. The number of hydrogen-bond donors (Lipinski definition) is 3. The van der Waals surface area contributed by atoms with Gasteiger partial charge in [-0.15, -0.1) is 0 Å². The maximum Gasteiger partial charge on any atom is 0.224 e. The summed E-state index contributed by atoms with van der Waals surface area (Å²) in [6.45, 7) is 1.81. The summed E-state index contributed by atoms with van der Waals surface area (Å²) >= 11 is 1.63. The second-order valence-electron chi connectivity index (χ2n) is 7.74. The van der Waals surface area contributed by atoms with E-state index in [-0.39, 0.29) is 5.91 Å². The molecule has 6 aromatic rings. The van der Waals surface area contributed by atoms with E-state index in [1.165, 1.54) is 0 Å². The van der Waals surface area contributed by atoms with Crippen LogP contribution in [0.2, 0.25) is 0 Å². The number of imidazole rings is 1. The average molecular weight is 467 g/mol. The van der Waals surface area contributed by atoms with E-state index in [0.29, 0.717) is 29.3 Å². The van der Waals surface area contributed by atoms with Crippen LogP contribution in [0.15, 0.2) is 59.9 Å². The lowest BCUT2D eigenvalue weighted by Crippen LogP contribution is -2.09. The van der Waals surface area contributed by atoms with Crippen LogP contribution >= 0.6 is 11.3 Å². The number of amides is 1. The Morgan fingerprint density at radius 1 is 1.06 bits per heavy atom. The van der Waals surface area contributed by atoms with Crippen molar-refractivity contribution in [1.82, 2.24) is 35.1 Å². The number of anilines is 1. The van der Waals surface area contributed by atoms with Crippen molar-refractivity contribution in [2.24, 2.45) is 0 Å². The Bertz CT molecular complexity index is 1650. The number of rotatable bonds is 5. The lowest BCUT2D eigenvalue weighted by Gasteiger charge is -2.06. The van der Waals surface area contributed by atoms with Crippen molar-refractivity contribution in [2.45, 2.75) is 13.3 Å². The van der Waals surface area contributed by atoms with Gasteiger partial charge in [-0.1, -0.05) is 6.92 Å². The number of fused-ring (bicyclic) bond motifs is 2. The molecule has 6 heterocycles. The standard InChI is InChI=1S/C24H18N8OS/c1-2-20(33)28-16-5-14(7-25-9-16)15-6-17-22(31-32-23(17)27-8-15)24-29-19-11-26-10-18(21(19)30-24)13-3-4-34-12-13/h3-12H,2H2,1H3,(H,28,33)(H,29,30)(H,27,31,32). The molecule has 6 rings (SSSR count). The Kier molecular flexibility index (Phi) is 4.84. The molecule has 0 unspecified atom stereocenters. The van der Waals surface area contributed by atoms with Crippen molar-refractivity contribution in [2.75, 3.05) is 5.32 Å². The predicted molar refractivity (Wildman–Crippen MR) is 132 cm³/mol. The van der Waals surface area contributed by atoms with Crippen LogP contribution in [0.5, 0.6) is 0 Å². The monoisotopic (exact) mass is 466 g/mol. The highest BCUT2D eigenvalue weighted by molar-refractivity contribution is 7.08. The number of H-pyrrole nitrogens is 2. The first-order valence-electron chi connectivity index (χ1n) is 10.7. The molecule has 0 aliphatic carbocycles.